The van der Waals surface area contributed by atoms with Crippen molar-refractivity contribution >= 4 is 23.4 Å². The van der Waals surface area contributed by atoms with Gasteiger partial charge in [0.2, 0.25) is 0 Å². The number of nitrogens with one attached hydrogen (secondary N) is 1. The highest BCUT2D eigenvalue weighted by Crippen LogP contribution is 2.43. The number of halogens is 1. The van der Waals surface area contributed by atoms with Gasteiger partial charge in [0.15, 0.2) is 11.6 Å². The van der Waals surface area contributed by atoms with E-state index in [2.05, 4.69) is 19.7 Å². The van der Waals surface area contributed by atoms with E-state index in [1.54, 1.807) is 31.1 Å². The molecule has 2 aliphatic rings. The van der Waals surface area contributed by atoms with E-state index in [0.29, 0.717) is 42.6 Å². The maximum Gasteiger partial charge on any atom is 0.323 e. The van der Waals surface area contributed by atoms with Crippen molar-refractivity contribution in [3.63, 3.8) is 0 Å². The van der Waals surface area contributed by atoms with Crippen molar-refractivity contribution in [2.75, 3.05) is 25.5 Å². The molecule has 2 aromatic heterocycles. The van der Waals surface area contributed by atoms with Crippen LogP contribution in [0.3, 0.4) is 0 Å². The lowest BCUT2D eigenvalue weighted by atomic mass is 9.80. The standard InChI is InChI=1S/C23H24FN5O2S/c1-14-3-6-16(11-17(14)24)23(21-25-13-26-32-21)9-10-29(12-23)22(30)28-20-19(31-2)8-7-18(27-20)15-4-5-15/h3,6-8,11,13,15H,4-5,9-10,12H2,1-2H3,(H,27,28,30). The number of carbonyl (C=O) groups is 1. The Balaban J connectivity index is 1.42. The minimum absolute atomic E-state index is 0.261. The lowest BCUT2D eigenvalue weighted by Crippen LogP contribution is -2.38. The summed E-state index contributed by atoms with van der Waals surface area (Å²) in [5, 5.41) is 3.71. The molecule has 7 nitrogen and oxygen atoms in total. The lowest BCUT2D eigenvalue weighted by Gasteiger charge is -2.28. The Kier molecular flexibility index (Phi) is 5.28. The highest BCUT2D eigenvalue weighted by Gasteiger charge is 2.45. The summed E-state index contributed by atoms with van der Waals surface area (Å²) in [7, 11) is 1.56. The van der Waals surface area contributed by atoms with E-state index in [1.165, 1.54) is 17.9 Å². The number of urea groups is 1. The van der Waals surface area contributed by atoms with Gasteiger partial charge in [-0.1, -0.05) is 12.1 Å². The first-order valence-corrected chi connectivity index (χ1v) is 11.4. The minimum Gasteiger partial charge on any atom is -0.493 e. The smallest absolute Gasteiger partial charge is 0.323 e. The van der Waals surface area contributed by atoms with Crippen LogP contribution in [0.4, 0.5) is 15.0 Å². The summed E-state index contributed by atoms with van der Waals surface area (Å²) in [6.07, 6.45) is 4.38. The second kappa shape index (κ2) is 8.12. The van der Waals surface area contributed by atoms with Crippen LogP contribution in [0.5, 0.6) is 5.75 Å². The van der Waals surface area contributed by atoms with Gasteiger partial charge >= 0.3 is 6.03 Å². The molecule has 0 radical (unpaired) electrons. The maximum atomic E-state index is 14.4. The van der Waals surface area contributed by atoms with E-state index in [0.717, 1.165) is 29.1 Å². The van der Waals surface area contributed by atoms with Gasteiger partial charge in [-0.15, -0.1) is 0 Å². The second-order valence-corrected chi connectivity index (χ2v) is 9.24. The van der Waals surface area contributed by atoms with Crippen molar-refractivity contribution in [1.82, 2.24) is 19.2 Å². The first-order valence-electron chi connectivity index (χ1n) is 10.6. The summed E-state index contributed by atoms with van der Waals surface area (Å²) in [5.41, 5.74) is 1.77. The zero-order valence-corrected chi connectivity index (χ0v) is 18.8. The number of hydrogen-bond acceptors (Lipinski definition) is 6. The Labute approximate surface area is 189 Å². The molecule has 9 heteroatoms. The van der Waals surface area contributed by atoms with Crippen molar-refractivity contribution < 1.29 is 13.9 Å². The number of aromatic nitrogens is 3. The lowest BCUT2D eigenvalue weighted by molar-refractivity contribution is 0.220. The fourth-order valence-electron chi connectivity index (χ4n) is 4.29. The van der Waals surface area contributed by atoms with Gasteiger partial charge in [-0.2, -0.15) is 4.37 Å². The molecule has 32 heavy (non-hydrogen) atoms. The number of benzene rings is 1. The topological polar surface area (TPSA) is 80.2 Å². The number of anilines is 1. The van der Waals surface area contributed by atoms with Gasteiger partial charge < -0.3 is 9.64 Å². The zero-order valence-electron chi connectivity index (χ0n) is 18.0. The summed E-state index contributed by atoms with van der Waals surface area (Å²) in [4.78, 5) is 24.0. The molecular formula is C23H24FN5O2S. The van der Waals surface area contributed by atoms with Crippen LogP contribution < -0.4 is 10.1 Å². The van der Waals surface area contributed by atoms with Crippen LogP contribution in [-0.2, 0) is 5.41 Å². The molecule has 1 aromatic carbocycles. The van der Waals surface area contributed by atoms with Gasteiger partial charge in [0.25, 0.3) is 0 Å². The Morgan fingerprint density at radius 2 is 2.16 bits per heavy atom. The van der Waals surface area contributed by atoms with E-state index in [9.17, 15) is 9.18 Å². The predicted molar refractivity (Wildman–Crippen MR) is 120 cm³/mol. The first kappa shape index (κ1) is 20.8. The third-order valence-corrected chi connectivity index (χ3v) is 7.24. The van der Waals surface area contributed by atoms with Crippen molar-refractivity contribution in [2.45, 2.75) is 37.5 Å². The highest BCUT2D eigenvalue weighted by atomic mass is 32.1. The molecule has 3 heterocycles. The molecule has 1 saturated heterocycles. The number of rotatable bonds is 5. The number of aryl methyl sites for hydroxylation is 1. The molecule has 2 fully saturated rings. The molecule has 1 aliphatic carbocycles. The van der Waals surface area contributed by atoms with Crippen molar-refractivity contribution in [3.05, 3.63) is 64.3 Å². The van der Waals surface area contributed by atoms with Gasteiger partial charge in [0.05, 0.1) is 12.5 Å². The summed E-state index contributed by atoms with van der Waals surface area (Å²) in [5.74, 6) is 1.15. The molecule has 2 amide bonds. The quantitative estimate of drug-likeness (QED) is 0.616. The van der Waals surface area contributed by atoms with Gasteiger partial charge in [-0.25, -0.2) is 19.2 Å². The SMILES string of the molecule is COc1ccc(C2CC2)nc1NC(=O)N1CCC(c2ccc(C)c(F)c2)(c2ncns2)C1. The minimum atomic E-state index is -0.597. The number of pyridine rings is 1. The van der Waals surface area contributed by atoms with Gasteiger partial charge in [-0.3, -0.25) is 5.32 Å². The van der Waals surface area contributed by atoms with Gasteiger partial charge in [0, 0.05) is 24.7 Å². The molecular weight excluding hydrogens is 429 g/mol. The summed E-state index contributed by atoms with van der Waals surface area (Å²) >= 11 is 1.29. The summed E-state index contributed by atoms with van der Waals surface area (Å²) in [6, 6.07) is 8.79. The van der Waals surface area contributed by atoms with Crippen LogP contribution in [-0.4, -0.2) is 45.5 Å². The fourth-order valence-corrected chi connectivity index (χ4v) is 5.04. The molecule has 1 atom stereocenters. The van der Waals surface area contributed by atoms with E-state index in [4.69, 9.17) is 4.74 Å². The largest absolute Gasteiger partial charge is 0.493 e. The average molecular weight is 454 g/mol. The van der Waals surface area contributed by atoms with Crippen LogP contribution in [0.2, 0.25) is 0 Å². The molecule has 5 rings (SSSR count). The Bertz CT molecular complexity index is 1150. The van der Waals surface area contributed by atoms with E-state index in [-0.39, 0.29) is 11.8 Å². The second-order valence-electron chi connectivity index (χ2n) is 8.46. The van der Waals surface area contributed by atoms with Gasteiger partial charge in [0.1, 0.15) is 17.2 Å². The average Bonchev–Trinajstić information content (AvgIpc) is 3.30. The zero-order chi connectivity index (χ0) is 22.3. The van der Waals surface area contributed by atoms with E-state index < -0.39 is 5.41 Å². The fraction of sp³-hybridized carbons (Fsp3) is 0.391. The molecule has 166 valence electrons. The Morgan fingerprint density at radius 3 is 2.84 bits per heavy atom. The molecule has 1 unspecified atom stereocenters. The molecule has 0 bridgehead atoms. The van der Waals surface area contributed by atoms with Gasteiger partial charge in [-0.05, 0) is 67.0 Å². The third kappa shape index (κ3) is 3.70. The Hall–Kier alpha value is -3.07. The monoisotopic (exact) mass is 453 g/mol. The maximum absolute atomic E-state index is 14.4. The summed E-state index contributed by atoms with van der Waals surface area (Å²) in [6.45, 7) is 2.62. The van der Waals surface area contributed by atoms with E-state index >= 15 is 0 Å². The number of likely N-dealkylation sites (tertiary alicyclic amines) is 1. The predicted octanol–water partition coefficient (Wildman–Crippen LogP) is 4.49. The number of carbonyl (C=O) groups excluding carboxylic acids is 1. The van der Waals surface area contributed by atoms with Crippen molar-refractivity contribution in [1.29, 1.82) is 0 Å². The van der Waals surface area contributed by atoms with Crippen molar-refractivity contribution in [2.24, 2.45) is 0 Å². The number of nitrogens with zero attached hydrogens (tertiary/aromatic N) is 4. The first-order chi connectivity index (χ1) is 15.5. The number of methoxy groups -OCH3 is 1. The van der Waals surface area contributed by atoms with Crippen LogP contribution in [0.15, 0.2) is 36.7 Å². The van der Waals surface area contributed by atoms with Crippen LogP contribution in [0.25, 0.3) is 0 Å². The third-order valence-electron chi connectivity index (χ3n) is 6.37. The molecule has 0 spiro atoms. The number of amides is 2. The molecule has 3 aromatic rings. The highest BCUT2D eigenvalue weighted by molar-refractivity contribution is 7.05. The normalized spacial score (nSPS) is 20.4. The summed E-state index contributed by atoms with van der Waals surface area (Å²) < 4.78 is 24.0. The number of ether oxygens (including phenoxy) is 1. The van der Waals surface area contributed by atoms with Crippen LogP contribution in [0, 0.1) is 12.7 Å². The van der Waals surface area contributed by atoms with Crippen LogP contribution >= 0.6 is 11.5 Å². The van der Waals surface area contributed by atoms with Crippen molar-refractivity contribution in [3.8, 4) is 5.75 Å². The number of hydrogen-bond donors (Lipinski definition) is 1. The van der Waals surface area contributed by atoms with Crippen LogP contribution in [0.1, 0.15) is 47.0 Å². The molecule has 1 N–H and O–H groups in total. The Morgan fingerprint density at radius 1 is 1.31 bits per heavy atom. The molecule has 1 saturated carbocycles. The molecule has 1 aliphatic heterocycles. The van der Waals surface area contributed by atoms with E-state index in [1.807, 2.05) is 18.2 Å².